The zero-order valence-electron chi connectivity index (χ0n) is 9.89. The largest absolute Gasteiger partial charge is 0.397 e. The van der Waals surface area contributed by atoms with E-state index in [0.717, 1.165) is 14.2 Å². The molecule has 0 unspecified atom stereocenters. The molecule has 0 aliphatic heterocycles. The van der Waals surface area contributed by atoms with E-state index in [-0.39, 0.29) is 11.7 Å². The summed E-state index contributed by atoms with van der Waals surface area (Å²) in [6.07, 6.45) is 1.59. The van der Waals surface area contributed by atoms with Crippen LogP contribution in [-0.2, 0) is 4.79 Å². The van der Waals surface area contributed by atoms with Gasteiger partial charge >= 0.3 is 0 Å². The molecule has 0 aliphatic rings. The van der Waals surface area contributed by atoms with Crippen LogP contribution in [0.5, 0.6) is 0 Å². The van der Waals surface area contributed by atoms with Gasteiger partial charge in [-0.1, -0.05) is 12.1 Å². The molecule has 0 heterocycles. The molecule has 0 aliphatic carbocycles. The van der Waals surface area contributed by atoms with Crippen molar-refractivity contribution in [1.29, 1.82) is 0 Å². The van der Waals surface area contributed by atoms with Gasteiger partial charge in [-0.3, -0.25) is 9.79 Å². The maximum absolute atomic E-state index is 10.6. The normalized spacial score (nSPS) is 12.6. The first-order valence-electron chi connectivity index (χ1n) is 5.16. The van der Waals surface area contributed by atoms with Crippen LogP contribution in [0.2, 0.25) is 0 Å². The first kappa shape index (κ1) is 15.0. The second-order valence-electron chi connectivity index (χ2n) is 3.49. The lowest BCUT2D eigenvalue weighted by molar-refractivity contribution is -0.115. The minimum atomic E-state index is -0.357. The minimum absolute atomic E-state index is 0.229. The van der Waals surface area contributed by atoms with Gasteiger partial charge in [-0.05, 0) is 47.2 Å². The van der Waals surface area contributed by atoms with Crippen molar-refractivity contribution in [3.63, 3.8) is 0 Å². The molecule has 0 saturated heterocycles. The highest BCUT2D eigenvalue weighted by molar-refractivity contribution is 14.1. The van der Waals surface area contributed by atoms with E-state index in [2.05, 4.69) is 27.6 Å². The predicted molar refractivity (Wildman–Crippen MR) is 86.1 cm³/mol. The van der Waals surface area contributed by atoms with Gasteiger partial charge in [0.05, 0.1) is 22.7 Å². The van der Waals surface area contributed by atoms with Crippen LogP contribution >= 0.6 is 34.4 Å². The molecular formula is C12H14IN3OS. The third kappa shape index (κ3) is 5.54. The molecule has 0 spiro atoms. The number of thioether (sulfide) groups is 1. The number of rotatable bonds is 4. The van der Waals surface area contributed by atoms with Gasteiger partial charge in [0, 0.05) is 3.57 Å². The van der Waals surface area contributed by atoms with Crippen molar-refractivity contribution in [3.05, 3.63) is 39.6 Å². The molecule has 0 fully saturated rings. The van der Waals surface area contributed by atoms with Gasteiger partial charge in [0.2, 0.25) is 5.91 Å². The van der Waals surface area contributed by atoms with E-state index in [4.69, 9.17) is 11.5 Å². The summed E-state index contributed by atoms with van der Waals surface area (Å²) in [6, 6.07) is 7.84. The number of carbonyl (C=O) groups is 1. The fourth-order valence-electron chi connectivity index (χ4n) is 1.09. The van der Waals surface area contributed by atoms with Crippen molar-refractivity contribution in [2.24, 2.45) is 16.5 Å². The van der Waals surface area contributed by atoms with Gasteiger partial charge in [-0.25, -0.2) is 0 Å². The smallest absolute Gasteiger partial charge is 0.227 e. The molecule has 4 N–H and O–H groups in total. The predicted octanol–water partition coefficient (Wildman–Crippen LogP) is 2.19. The summed E-state index contributed by atoms with van der Waals surface area (Å²) in [4.78, 5) is 14.8. The molecule has 0 atom stereocenters. The molecule has 0 saturated carbocycles. The van der Waals surface area contributed by atoms with E-state index in [1.54, 1.807) is 6.20 Å². The van der Waals surface area contributed by atoms with Crippen molar-refractivity contribution in [3.8, 4) is 0 Å². The Balaban J connectivity index is 2.68. The van der Waals surface area contributed by atoms with Crippen LogP contribution in [-0.4, -0.2) is 16.7 Å². The lowest BCUT2D eigenvalue weighted by Crippen LogP contribution is -2.14. The van der Waals surface area contributed by atoms with E-state index in [1.807, 2.05) is 31.2 Å². The second-order valence-corrected chi connectivity index (χ2v) is 5.91. The third-order valence-electron chi connectivity index (χ3n) is 1.99. The van der Waals surface area contributed by atoms with Crippen molar-refractivity contribution >= 4 is 51.0 Å². The third-order valence-corrected chi connectivity index (χ3v) is 3.66. The average molecular weight is 375 g/mol. The summed E-state index contributed by atoms with van der Waals surface area (Å²) in [5, 5.41) is 0.752. The standard InChI is InChI=1S/C12H14IN3OS/c1-8(18-7-12(15)17)16-6-11(14)9-2-4-10(13)5-3-9/h2-6H,7,14H2,1H3,(H2,15,17)/b11-6-,16-8+. The van der Waals surface area contributed by atoms with Crippen LogP contribution in [0.1, 0.15) is 12.5 Å². The highest BCUT2D eigenvalue weighted by Crippen LogP contribution is 2.12. The van der Waals surface area contributed by atoms with E-state index in [0.29, 0.717) is 5.70 Å². The summed E-state index contributed by atoms with van der Waals surface area (Å²) in [5.41, 5.74) is 12.5. The van der Waals surface area contributed by atoms with Crippen molar-refractivity contribution in [2.75, 3.05) is 5.75 Å². The number of carbonyl (C=O) groups excluding carboxylic acids is 1. The number of aliphatic imine (C=N–C) groups is 1. The first-order valence-corrected chi connectivity index (χ1v) is 7.22. The van der Waals surface area contributed by atoms with E-state index < -0.39 is 0 Å². The van der Waals surface area contributed by atoms with Crippen LogP contribution in [0, 0.1) is 3.57 Å². The topological polar surface area (TPSA) is 81.5 Å². The van der Waals surface area contributed by atoms with Gasteiger partial charge in [0.25, 0.3) is 0 Å². The van der Waals surface area contributed by atoms with Crippen molar-refractivity contribution in [1.82, 2.24) is 0 Å². The number of benzene rings is 1. The Hall–Kier alpha value is -1.02. The molecule has 1 aromatic carbocycles. The number of primary amides is 1. The first-order chi connectivity index (χ1) is 8.49. The number of hydrogen-bond donors (Lipinski definition) is 2. The van der Waals surface area contributed by atoms with Crippen molar-refractivity contribution < 1.29 is 4.79 Å². The van der Waals surface area contributed by atoms with Gasteiger partial charge in [0.1, 0.15) is 0 Å². The Morgan fingerprint density at radius 1 is 1.39 bits per heavy atom. The number of nitrogens with zero attached hydrogens (tertiary/aromatic N) is 1. The maximum atomic E-state index is 10.6. The van der Waals surface area contributed by atoms with Crippen LogP contribution in [0.3, 0.4) is 0 Å². The molecule has 0 bridgehead atoms. The van der Waals surface area contributed by atoms with Crippen molar-refractivity contribution in [2.45, 2.75) is 6.92 Å². The molecule has 18 heavy (non-hydrogen) atoms. The Bertz CT molecular complexity index is 483. The summed E-state index contributed by atoms with van der Waals surface area (Å²) in [5.74, 6) is -0.129. The number of hydrogen-bond acceptors (Lipinski definition) is 4. The average Bonchev–Trinajstić information content (AvgIpc) is 2.34. The van der Waals surface area contributed by atoms with E-state index in [9.17, 15) is 4.79 Å². The Morgan fingerprint density at radius 2 is 2.00 bits per heavy atom. The molecule has 1 rings (SSSR count). The van der Waals surface area contributed by atoms with Gasteiger partial charge in [0.15, 0.2) is 0 Å². The monoisotopic (exact) mass is 375 g/mol. The van der Waals surface area contributed by atoms with Crippen LogP contribution < -0.4 is 11.5 Å². The quantitative estimate of drug-likeness (QED) is 0.481. The number of amides is 1. The molecule has 0 aromatic heterocycles. The number of halogens is 1. The SMILES string of the molecule is C/C(=N\C=C(/N)c1ccc(I)cc1)SCC(N)=O. The van der Waals surface area contributed by atoms with Gasteiger partial charge in [-0.15, -0.1) is 11.8 Å². The fourth-order valence-corrected chi connectivity index (χ4v) is 1.93. The van der Waals surface area contributed by atoms with Crippen LogP contribution in [0.4, 0.5) is 0 Å². The summed E-state index contributed by atoms with van der Waals surface area (Å²) in [6.45, 7) is 1.81. The maximum Gasteiger partial charge on any atom is 0.227 e. The Kier molecular flexibility index (Phi) is 6.20. The second kappa shape index (κ2) is 7.42. The summed E-state index contributed by atoms with van der Waals surface area (Å²) in [7, 11) is 0. The molecule has 1 amide bonds. The fraction of sp³-hybridized carbons (Fsp3) is 0.167. The minimum Gasteiger partial charge on any atom is -0.397 e. The zero-order chi connectivity index (χ0) is 13.5. The molecule has 96 valence electrons. The Morgan fingerprint density at radius 3 is 2.56 bits per heavy atom. The number of nitrogens with two attached hydrogens (primary N) is 2. The molecule has 4 nitrogen and oxygen atoms in total. The zero-order valence-corrected chi connectivity index (χ0v) is 12.9. The highest BCUT2D eigenvalue weighted by Gasteiger charge is 1.98. The van der Waals surface area contributed by atoms with Gasteiger partial charge in [-0.2, -0.15) is 0 Å². The molecular weight excluding hydrogens is 361 g/mol. The van der Waals surface area contributed by atoms with E-state index >= 15 is 0 Å². The highest BCUT2D eigenvalue weighted by atomic mass is 127. The van der Waals surface area contributed by atoms with Gasteiger partial charge < -0.3 is 11.5 Å². The van der Waals surface area contributed by atoms with Crippen LogP contribution in [0.15, 0.2) is 35.5 Å². The summed E-state index contributed by atoms with van der Waals surface area (Å²) >= 11 is 3.53. The van der Waals surface area contributed by atoms with E-state index in [1.165, 1.54) is 11.8 Å². The Labute approximate surface area is 124 Å². The lowest BCUT2D eigenvalue weighted by atomic mass is 10.2. The summed E-state index contributed by atoms with van der Waals surface area (Å²) < 4.78 is 1.15. The molecule has 0 radical (unpaired) electrons. The molecule has 1 aromatic rings. The molecule has 6 heteroatoms. The lowest BCUT2D eigenvalue weighted by Gasteiger charge is -2.01. The van der Waals surface area contributed by atoms with Crippen LogP contribution in [0.25, 0.3) is 5.70 Å².